The van der Waals surface area contributed by atoms with Crippen LogP contribution in [0.2, 0.25) is 0 Å². The van der Waals surface area contributed by atoms with Crippen LogP contribution in [0.5, 0.6) is 0 Å². The summed E-state index contributed by atoms with van der Waals surface area (Å²) in [6.07, 6.45) is -7.91. The molecule has 0 aliphatic carbocycles. The molecule has 0 aromatic rings. The highest BCUT2D eigenvalue weighted by atomic mass is 16.4. The van der Waals surface area contributed by atoms with Gasteiger partial charge in [-0.15, -0.1) is 0 Å². The fraction of sp³-hybridized carbons (Fsp3) is 1.00. The lowest BCUT2D eigenvalue weighted by molar-refractivity contribution is -0.123. The van der Waals surface area contributed by atoms with Crippen molar-refractivity contribution >= 4 is 0 Å². The zero-order chi connectivity index (χ0) is 19.0. The van der Waals surface area contributed by atoms with Gasteiger partial charge in [0.05, 0.1) is 39.1 Å². The van der Waals surface area contributed by atoms with E-state index in [1.807, 2.05) is 0 Å². The number of hydrogen-bond acceptors (Lipinski definition) is 11. The molecular formula is C12H30O11. The molecule has 1 unspecified atom stereocenters. The molecule has 0 bridgehead atoms. The van der Waals surface area contributed by atoms with Crippen LogP contribution in [-0.4, -0.2) is 126 Å². The van der Waals surface area contributed by atoms with Crippen LogP contribution >= 0.6 is 0 Å². The van der Waals surface area contributed by atoms with Gasteiger partial charge in [-0.1, -0.05) is 0 Å². The van der Waals surface area contributed by atoms with Gasteiger partial charge in [-0.05, 0) is 6.92 Å². The highest BCUT2D eigenvalue weighted by Crippen LogP contribution is 2.03. The summed E-state index contributed by atoms with van der Waals surface area (Å²) in [5.74, 6) is 0. The number of rotatable bonds is 8. The first-order chi connectivity index (χ1) is 10.6. The second-order valence-electron chi connectivity index (χ2n) is 4.53. The van der Waals surface area contributed by atoms with Crippen LogP contribution in [0.4, 0.5) is 0 Å². The molecule has 144 valence electrons. The van der Waals surface area contributed by atoms with Gasteiger partial charge in [-0.3, -0.25) is 0 Å². The molecule has 0 fully saturated rings. The molecule has 0 saturated carbocycles. The van der Waals surface area contributed by atoms with E-state index in [0.717, 1.165) is 0 Å². The SMILES string of the molecule is CC(O)CO.OCC(O)CO.OC[C@@H](O)[C@@H](O)[C@H](O)[C@@H](O)CO. The Morgan fingerprint density at radius 2 is 0.783 bits per heavy atom. The van der Waals surface area contributed by atoms with Crippen molar-refractivity contribution in [2.24, 2.45) is 0 Å². The Bertz CT molecular complexity index is 211. The predicted molar refractivity (Wildman–Crippen MR) is 77.1 cm³/mol. The molecule has 11 N–H and O–H groups in total. The second-order valence-corrected chi connectivity index (χ2v) is 4.53. The molecule has 0 heterocycles. The normalized spacial score (nSPS) is 17.1. The molecule has 0 rings (SSSR count). The Morgan fingerprint density at radius 1 is 0.522 bits per heavy atom. The van der Waals surface area contributed by atoms with E-state index in [9.17, 15) is 0 Å². The molecule has 0 spiro atoms. The van der Waals surface area contributed by atoms with Gasteiger partial charge in [0, 0.05) is 0 Å². The average molecular weight is 350 g/mol. The van der Waals surface area contributed by atoms with Gasteiger partial charge in [-0.25, -0.2) is 0 Å². The molecule has 0 aromatic heterocycles. The Hall–Kier alpha value is -0.440. The van der Waals surface area contributed by atoms with Gasteiger partial charge < -0.3 is 56.2 Å². The number of hydrogen-bond donors (Lipinski definition) is 11. The van der Waals surface area contributed by atoms with Crippen LogP contribution in [0.3, 0.4) is 0 Å². The number of aliphatic hydroxyl groups is 11. The maximum absolute atomic E-state index is 8.96. The third-order valence-corrected chi connectivity index (χ3v) is 2.20. The minimum atomic E-state index is -1.67. The van der Waals surface area contributed by atoms with Crippen molar-refractivity contribution in [3.8, 4) is 0 Å². The van der Waals surface area contributed by atoms with E-state index < -0.39 is 49.8 Å². The summed E-state index contributed by atoms with van der Waals surface area (Å²) in [6, 6.07) is 0. The first-order valence-corrected chi connectivity index (χ1v) is 6.75. The van der Waals surface area contributed by atoms with E-state index in [4.69, 9.17) is 56.2 Å². The summed E-state index contributed by atoms with van der Waals surface area (Å²) in [4.78, 5) is 0. The van der Waals surface area contributed by atoms with Crippen LogP contribution in [0.1, 0.15) is 6.92 Å². The monoisotopic (exact) mass is 350 g/mol. The van der Waals surface area contributed by atoms with Crippen LogP contribution in [-0.2, 0) is 0 Å². The van der Waals surface area contributed by atoms with Gasteiger partial charge in [0.15, 0.2) is 0 Å². The molecule has 0 aliphatic rings. The van der Waals surface area contributed by atoms with Gasteiger partial charge in [0.2, 0.25) is 0 Å². The minimum absolute atomic E-state index is 0.139. The quantitative estimate of drug-likeness (QED) is 0.198. The molecule has 11 nitrogen and oxygen atoms in total. The minimum Gasteiger partial charge on any atom is -0.394 e. The Kier molecular flexibility index (Phi) is 21.3. The van der Waals surface area contributed by atoms with Crippen molar-refractivity contribution in [2.75, 3.05) is 33.0 Å². The first kappa shape index (κ1) is 27.4. The molecule has 0 aliphatic heterocycles. The molecule has 0 amide bonds. The van der Waals surface area contributed by atoms with E-state index in [2.05, 4.69) is 0 Å². The molecular weight excluding hydrogens is 320 g/mol. The summed E-state index contributed by atoms with van der Waals surface area (Å²) < 4.78 is 0. The van der Waals surface area contributed by atoms with Crippen molar-refractivity contribution in [2.45, 2.75) is 43.5 Å². The summed E-state index contributed by atoms with van der Waals surface area (Å²) in [5.41, 5.74) is 0. The zero-order valence-electron chi connectivity index (χ0n) is 12.9. The van der Waals surface area contributed by atoms with Gasteiger partial charge in [-0.2, -0.15) is 0 Å². The van der Waals surface area contributed by atoms with E-state index >= 15 is 0 Å². The highest BCUT2D eigenvalue weighted by Gasteiger charge is 2.29. The van der Waals surface area contributed by atoms with Crippen molar-refractivity contribution in [1.29, 1.82) is 0 Å². The Morgan fingerprint density at radius 3 is 0.870 bits per heavy atom. The van der Waals surface area contributed by atoms with Gasteiger partial charge in [0.1, 0.15) is 30.5 Å². The van der Waals surface area contributed by atoms with Crippen LogP contribution in [0.15, 0.2) is 0 Å². The smallest absolute Gasteiger partial charge is 0.111 e. The maximum Gasteiger partial charge on any atom is 0.111 e. The van der Waals surface area contributed by atoms with E-state index in [1.54, 1.807) is 0 Å². The molecule has 0 aromatic carbocycles. The largest absolute Gasteiger partial charge is 0.394 e. The van der Waals surface area contributed by atoms with Crippen molar-refractivity contribution < 1.29 is 56.2 Å². The number of aliphatic hydroxyl groups excluding tert-OH is 11. The second kappa shape index (κ2) is 17.9. The fourth-order valence-corrected chi connectivity index (χ4v) is 0.729. The van der Waals surface area contributed by atoms with Crippen molar-refractivity contribution in [3.63, 3.8) is 0 Å². The Balaban J connectivity index is -0.000000303. The third-order valence-electron chi connectivity index (χ3n) is 2.20. The zero-order valence-corrected chi connectivity index (χ0v) is 12.9. The Labute approximate surface area is 134 Å². The fourth-order valence-electron chi connectivity index (χ4n) is 0.729. The third kappa shape index (κ3) is 17.7. The average Bonchev–Trinajstić information content (AvgIpc) is 2.58. The van der Waals surface area contributed by atoms with E-state index in [-0.39, 0.29) is 19.8 Å². The van der Waals surface area contributed by atoms with Crippen molar-refractivity contribution in [1.82, 2.24) is 0 Å². The molecule has 11 heteroatoms. The molecule has 5 atom stereocenters. The topological polar surface area (TPSA) is 223 Å². The van der Waals surface area contributed by atoms with Crippen LogP contribution in [0.25, 0.3) is 0 Å². The predicted octanol–water partition coefficient (Wildman–Crippen LogP) is -5.89. The molecule has 23 heavy (non-hydrogen) atoms. The van der Waals surface area contributed by atoms with Crippen molar-refractivity contribution in [3.05, 3.63) is 0 Å². The van der Waals surface area contributed by atoms with E-state index in [0.29, 0.717) is 0 Å². The highest BCUT2D eigenvalue weighted by molar-refractivity contribution is 4.79. The lowest BCUT2D eigenvalue weighted by Crippen LogP contribution is -2.46. The summed E-state index contributed by atoms with van der Waals surface area (Å²) in [5, 5.41) is 92.2. The van der Waals surface area contributed by atoms with Crippen LogP contribution in [0, 0.1) is 0 Å². The van der Waals surface area contributed by atoms with Gasteiger partial charge >= 0.3 is 0 Å². The first-order valence-electron chi connectivity index (χ1n) is 6.75. The maximum atomic E-state index is 8.96. The molecule has 0 saturated heterocycles. The van der Waals surface area contributed by atoms with E-state index in [1.165, 1.54) is 6.92 Å². The lowest BCUT2D eigenvalue weighted by atomic mass is 10.0. The standard InChI is InChI=1S/C6H14O6.C3H8O3.C3H8O2/c7-1-3(9)5(11)6(12)4(10)2-8;4-1-3(6)2-5;1-3(5)2-4/h3-12H,1-2H2;3-6H,1-2H2;3-5H,2H2,1H3/t3-,4+,5-,6-;;/m1../s1. The van der Waals surface area contributed by atoms with Gasteiger partial charge in [0.25, 0.3) is 0 Å². The summed E-state index contributed by atoms with van der Waals surface area (Å²) >= 11 is 0. The summed E-state index contributed by atoms with van der Waals surface area (Å²) in [6.45, 7) is -0.792. The lowest BCUT2D eigenvalue weighted by Gasteiger charge is -2.24. The van der Waals surface area contributed by atoms with Crippen LogP contribution < -0.4 is 0 Å². The summed E-state index contributed by atoms with van der Waals surface area (Å²) in [7, 11) is 0. The molecule has 0 radical (unpaired) electrons.